The van der Waals surface area contributed by atoms with Crippen molar-refractivity contribution in [3.63, 3.8) is 0 Å². The van der Waals surface area contributed by atoms with Crippen molar-refractivity contribution >= 4 is 11.9 Å². The lowest BCUT2D eigenvalue weighted by Gasteiger charge is -2.28. The van der Waals surface area contributed by atoms with Crippen LogP contribution in [0.5, 0.6) is 0 Å². The van der Waals surface area contributed by atoms with Gasteiger partial charge in [0.2, 0.25) is 0 Å². The molecular formula is C14H20N4O2. The Morgan fingerprint density at radius 3 is 2.95 bits per heavy atom. The first-order chi connectivity index (χ1) is 9.58. The lowest BCUT2D eigenvalue weighted by molar-refractivity contribution is 0.175. The molecule has 1 N–H and O–H groups in total. The molecule has 0 spiro atoms. The highest BCUT2D eigenvalue weighted by Gasteiger charge is 2.42. The van der Waals surface area contributed by atoms with Crippen LogP contribution >= 0.6 is 0 Å². The van der Waals surface area contributed by atoms with Gasteiger partial charge in [0, 0.05) is 18.7 Å². The van der Waals surface area contributed by atoms with E-state index in [0.29, 0.717) is 18.3 Å². The maximum absolute atomic E-state index is 11.9. The maximum Gasteiger partial charge on any atom is 0.416 e. The van der Waals surface area contributed by atoms with Crippen LogP contribution in [-0.2, 0) is 4.74 Å². The van der Waals surface area contributed by atoms with E-state index in [1.54, 1.807) is 17.3 Å². The van der Waals surface area contributed by atoms with Crippen LogP contribution in [0, 0.1) is 0 Å². The Bertz CT molecular complexity index is 512. The number of hydrogen-bond donors (Lipinski definition) is 1. The third kappa shape index (κ3) is 2.35. The SMILES string of the molecule is CC1(C)COC(=O)N1c1cncc([C@H]2CCCNC2)n1. The lowest BCUT2D eigenvalue weighted by atomic mass is 9.96. The Hall–Kier alpha value is -1.69. The topological polar surface area (TPSA) is 67.3 Å². The lowest BCUT2D eigenvalue weighted by Crippen LogP contribution is -2.42. The van der Waals surface area contributed by atoms with Crippen molar-refractivity contribution in [3.8, 4) is 0 Å². The standard InChI is InChI=1S/C14H20N4O2/c1-14(2)9-20-13(19)18(14)12-8-16-7-11(17-12)10-4-3-5-15-6-10/h7-8,10,15H,3-6,9H2,1-2H3/t10-/m0/s1. The molecule has 1 amide bonds. The molecule has 1 atom stereocenters. The minimum atomic E-state index is -0.380. The van der Waals surface area contributed by atoms with Gasteiger partial charge in [0.25, 0.3) is 0 Å². The molecular weight excluding hydrogens is 256 g/mol. The molecule has 0 bridgehead atoms. The first kappa shape index (κ1) is 13.3. The number of aromatic nitrogens is 2. The molecule has 3 rings (SSSR count). The van der Waals surface area contributed by atoms with E-state index < -0.39 is 0 Å². The number of hydrogen-bond acceptors (Lipinski definition) is 5. The summed E-state index contributed by atoms with van der Waals surface area (Å²) in [4.78, 5) is 22.4. The van der Waals surface area contributed by atoms with Crippen molar-refractivity contribution in [3.05, 3.63) is 18.1 Å². The van der Waals surface area contributed by atoms with E-state index in [4.69, 9.17) is 4.74 Å². The van der Waals surface area contributed by atoms with Gasteiger partial charge in [0.15, 0.2) is 5.82 Å². The Morgan fingerprint density at radius 1 is 1.45 bits per heavy atom. The molecule has 6 nitrogen and oxygen atoms in total. The van der Waals surface area contributed by atoms with Crippen molar-refractivity contribution in [2.45, 2.75) is 38.1 Å². The van der Waals surface area contributed by atoms with Crippen LogP contribution in [0.2, 0.25) is 0 Å². The summed E-state index contributed by atoms with van der Waals surface area (Å²) in [6.07, 6.45) is 5.35. The van der Waals surface area contributed by atoms with Crippen LogP contribution in [0.3, 0.4) is 0 Å². The Balaban J connectivity index is 1.89. The zero-order valence-electron chi connectivity index (χ0n) is 11.9. The zero-order valence-corrected chi connectivity index (χ0v) is 11.9. The second-order valence-corrected chi connectivity index (χ2v) is 6.05. The van der Waals surface area contributed by atoms with E-state index >= 15 is 0 Å². The van der Waals surface area contributed by atoms with Crippen LogP contribution in [0.1, 0.15) is 38.3 Å². The third-order valence-corrected chi connectivity index (χ3v) is 3.92. The number of rotatable bonds is 2. The smallest absolute Gasteiger partial charge is 0.416 e. The van der Waals surface area contributed by atoms with E-state index in [9.17, 15) is 4.79 Å². The van der Waals surface area contributed by atoms with Gasteiger partial charge in [0.1, 0.15) is 6.61 Å². The monoisotopic (exact) mass is 276 g/mol. The number of piperidine rings is 1. The normalized spacial score (nSPS) is 25.6. The van der Waals surface area contributed by atoms with E-state index in [2.05, 4.69) is 15.3 Å². The second kappa shape index (κ2) is 5.01. The highest BCUT2D eigenvalue weighted by atomic mass is 16.6. The number of anilines is 1. The molecule has 2 fully saturated rings. The summed E-state index contributed by atoms with van der Waals surface area (Å²) >= 11 is 0. The van der Waals surface area contributed by atoms with Gasteiger partial charge in [-0.1, -0.05) is 0 Å². The molecule has 6 heteroatoms. The number of nitrogens with zero attached hydrogens (tertiary/aromatic N) is 3. The minimum Gasteiger partial charge on any atom is -0.447 e. The molecule has 0 aliphatic carbocycles. The number of carbonyl (C=O) groups excluding carboxylic acids is 1. The van der Waals surface area contributed by atoms with Crippen LogP contribution in [0.4, 0.5) is 10.6 Å². The van der Waals surface area contributed by atoms with E-state index in [1.807, 2.05) is 13.8 Å². The van der Waals surface area contributed by atoms with Crippen LogP contribution in [-0.4, -0.2) is 41.3 Å². The molecule has 0 unspecified atom stereocenters. The fourth-order valence-electron chi connectivity index (χ4n) is 2.80. The Labute approximate surface area is 118 Å². The summed E-state index contributed by atoms with van der Waals surface area (Å²) < 4.78 is 5.13. The summed E-state index contributed by atoms with van der Waals surface area (Å²) in [6.45, 7) is 6.30. The summed E-state index contributed by atoms with van der Waals surface area (Å²) in [5.74, 6) is 0.957. The zero-order chi connectivity index (χ0) is 14.2. The predicted molar refractivity (Wildman–Crippen MR) is 74.8 cm³/mol. The summed E-state index contributed by atoms with van der Waals surface area (Å²) in [7, 11) is 0. The molecule has 108 valence electrons. The van der Waals surface area contributed by atoms with E-state index in [1.165, 1.54) is 0 Å². The van der Waals surface area contributed by atoms with E-state index in [0.717, 1.165) is 31.6 Å². The van der Waals surface area contributed by atoms with Gasteiger partial charge in [-0.05, 0) is 33.2 Å². The van der Waals surface area contributed by atoms with Crippen molar-refractivity contribution in [1.29, 1.82) is 0 Å². The van der Waals surface area contributed by atoms with Crippen LogP contribution < -0.4 is 10.2 Å². The molecule has 2 aliphatic rings. The average Bonchev–Trinajstić information content (AvgIpc) is 2.73. The first-order valence-corrected chi connectivity index (χ1v) is 7.07. The Morgan fingerprint density at radius 2 is 2.30 bits per heavy atom. The summed E-state index contributed by atoms with van der Waals surface area (Å²) in [5, 5.41) is 3.37. The van der Waals surface area contributed by atoms with Gasteiger partial charge in [-0.2, -0.15) is 0 Å². The molecule has 3 heterocycles. The van der Waals surface area contributed by atoms with Crippen molar-refractivity contribution in [2.24, 2.45) is 0 Å². The fourth-order valence-corrected chi connectivity index (χ4v) is 2.80. The Kier molecular flexibility index (Phi) is 3.33. The number of nitrogens with one attached hydrogen (secondary N) is 1. The van der Waals surface area contributed by atoms with Crippen molar-refractivity contribution in [2.75, 3.05) is 24.6 Å². The van der Waals surface area contributed by atoms with Gasteiger partial charge >= 0.3 is 6.09 Å². The van der Waals surface area contributed by atoms with E-state index in [-0.39, 0.29) is 11.6 Å². The van der Waals surface area contributed by atoms with Crippen LogP contribution in [0.15, 0.2) is 12.4 Å². The fraction of sp³-hybridized carbons (Fsp3) is 0.643. The molecule has 2 aliphatic heterocycles. The van der Waals surface area contributed by atoms with Crippen molar-refractivity contribution < 1.29 is 9.53 Å². The maximum atomic E-state index is 11.9. The molecule has 2 saturated heterocycles. The highest BCUT2D eigenvalue weighted by molar-refractivity contribution is 5.90. The van der Waals surface area contributed by atoms with Gasteiger partial charge in [-0.15, -0.1) is 0 Å². The number of ether oxygens (including phenoxy) is 1. The largest absolute Gasteiger partial charge is 0.447 e. The van der Waals surface area contributed by atoms with Crippen molar-refractivity contribution in [1.82, 2.24) is 15.3 Å². The predicted octanol–water partition coefficient (Wildman–Crippen LogP) is 1.68. The summed E-state index contributed by atoms with van der Waals surface area (Å²) in [5.41, 5.74) is 0.569. The first-order valence-electron chi connectivity index (χ1n) is 7.07. The number of cyclic esters (lactones) is 1. The molecule has 0 aromatic carbocycles. The summed E-state index contributed by atoms with van der Waals surface area (Å²) in [6, 6.07) is 0. The average molecular weight is 276 g/mol. The van der Waals surface area contributed by atoms with Gasteiger partial charge < -0.3 is 10.1 Å². The molecule has 20 heavy (non-hydrogen) atoms. The molecule has 0 saturated carbocycles. The number of amides is 1. The molecule has 0 radical (unpaired) electrons. The highest BCUT2D eigenvalue weighted by Crippen LogP contribution is 2.30. The number of carbonyl (C=O) groups is 1. The van der Waals surface area contributed by atoms with Crippen LogP contribution in [0.25, 0.3) is 0 Å². The quantitative estimate of drug-likeness (QED) is 0.890. The van der Waals surface area contributed by atoms with Gasteiger partial charge in [-0.3, -0.25) is 9.88 Å². The minimum absolute atomic E-state index is 0.344. The molecule has 1 aromatic heterocycles. The van der Waals surface area contributed by atoms with Gasteiger partial charge in [0.05, 0.1) is 17.4 Å². The van der Waals surface area contributed by atoms with Gasteiger partial charge in [-0.25, -0.2) is 9.78 Å². The third-order valence-electron chi connectivity index (χ3n) is 3.92. The second-order valence-electron chi connectivity index (χ2n) is 6.05. The molecule has 1 aromatic rings.